The molecule has 6 nitrogen and oxygen atoms in total. The highest BCUT2D eigenvalue weighted by Crippen LogP contribution is 2.31. The molecule has 4 aliphatic rings. The van der Waals surface area contributed by atoms with Crippen LogP contribution >= 0.6 is 23.1 Å². The molecule has 0 bridgehead atoms. The van der Waals surface area contributed by atoms with Gasteiger partial charge < -0.3 is 9.80 Å². The lowest BCUT2D eigenvalue weighted by Gasteiger charge is -2.47. The van der Waals surface area contributed by atoms with Gasteiger partial charge in [0.25, 0.3) is 0 Å². The van der Waals surface area contributed by atoms with Gasteiger partial charge in [-0.15, -0.1) is 23.1 Å². The Morgan fingerprint density at radius 3 is 2.32 bits per heavy atom. The summed E-state index contributed by atoms with van der Waals surface area (Å²) in [6, 6.07) is 4.02. The predicted molar refractivity (Wildman–Crippen MR) is 112 cm³/mol. The third-order valence-electron chi connectivity index (χ3n) is 6.41. The molecule has 5 rings (SSSR count). The number of amides is 2. The molecule has 8 heteroatoms. The van der Waals surface area contributed by atoms with Gasteiger partial charge in [-0.3, -0.25) is 19.4 Å². The molecule has 28 heavy (non-hydrogen) atoms. The van der Waals surface area contributed by atoms with E-state index in [1.165, 1.54) is 42.1 Å². The number of carbonyl (C=O) groups excluding carboxylic acids is 2. The second kappa shape index (κ2) is 7.97. The van der Waals surface area contributed by atoms with Crippen LogP contribution in [-0.4, -0.2) is 87.9 Å². The van der Waals surface area contributed by atoms with Gasteiger partial charge in [0.15, 0.2) is 0 Å². The van der Waals surface area contributed by atoms with Gasteiger partial charge in [0, 0.05) is 48.2 Å². The first-order valence-electron chi connectivity index (χ1n) is 10.4. The van der Waals surface area contributed by atoms with Crippen LogP contribution in [0, 0.1) is 0 Å². The number of carbonyl (C=O) groups is 2. The zero-order valence-electron chi connectivity index (χ0n) is 16.2. The summed E-state index contributed by atoms with van der Waals surface area (Å²) in [6.45, 7) is 6.60. The largest absolute Gasteiger partial charge is 0.326 e. The molecule has 4 aliphatic heterocycles. The average Bonchev–Trinajstić information content (AvgIpc) is 3.37. The van der Waals surface area contributed by atoms with E-state index in [1.54, 1.807) is 16.7 Å². The van der Waals surface area contributed by atoms with Crippen molar-refractivity contribution in [2.75, 3.05) is 44.4 Å². The molecular weight excluding hydrogens is 392 g/mol. The van der Waals surface area contributed by atoms with E-state index in [0.29, 0.717) is 19.0 Å². The van der Waals surface area contributed by atoms with E-state index in [2.05, 4.69) is 21.9 Å². The molecule has 0 aromatic carbocycles. The third-order valence-corrected chi connectivity index (χ3v) is 8.47. The first-order valence-corrected chi connectivity index (χ1v) is 12.4. The Labute approximate surface area is 174 Å². The van der Waals surface area contributed by atoms with E-state index in [0.717, 1.165) is 25.4 Å². The molecule has 1 aromatic rings. The molecule has 0 N–H and O–H groups in total. The van der Waals surface area contributed by atoms with Crippen molar-refractivity contribution in [2.24, 2.45) is 0 Å². The first kappa shape index (κ1) is 18.9. The van der Waals surface area contributed by atoms with Crippen molar-refractivity contribution in [1.82, 2.24) is 19.6 Å². The number of nitrogens with zero attached hydrogens (tertiary/aromatic N) is 4. The lowest BCUT2D eigenvalue weighted by Crippen LogP contribution is -2.69. The third kappa shape index (κ3) is 3.60. The quantitative estimate of drug-likeness (QED) is 0.742. The molecule has 0 radical (unpaired) electrons. The van der Waals surface area contributed by atoms with Crippen molar-refractivity contribution in [2.45, 2.75) is 44.4 Å². The maximum atomic E-state index is 12.9. The zero-order chi connectivity index (χ0) is 19.1. The van der Waals surface area contributed by atoms with E-state index in [9.17, 15) is 9.59 Å². The fraction of sp³-hybridized carbons (Fsp3) is 0.700. The smallest absolute Gasteiger partial charge is 0.248 e. The Kier molecular flexibility index (Phi) is 5.38. The minimum Gasteiger partial charge on any atom is -0.326 e. The van der Waals surface area contributed by atoms with Gasteiger partial charge in [-0.05, 0) is 38.1 Å². The summed E-state index contributed by atoms with van der Waals surface area (Å²) in [4.78, 5) is 37.0. The molecule has 5 heterocycles. The monoisotopic (exact) mass is 420 g/mol. The highest BCUT2D eigenvalue weighted by atomic mass is 32.2. The molecular formula is C20H28N4O2S2. The SMILES string of the molecule is O=C1[C@@H]2CSCN2C(=O)[C@H]2CN(Cc3ccc(CN4CCCCC4)s3)CCN12. The maximum Gasteiger partial charge on any atom is 0.248 e. The van der Waals surface area contributed by atoms with Crippen LogP contribution in [0.3, 0.4) is 0 Å². The zero-order valence-corrected chi connectivity index (χ0v) is 17.8. The number of rotatable bonds is 4. The second-order valence-electron chi connectivity index (χ2n) is 8.31. The molecule has 2 atom stereocenters. The summed E-state index contributed by atoms with van der Waals surface area (Å²) in [6.07, 6.45) is 4.03. The van der Waals surface area contributed by atoms with Crippen molar-refractivity contribution in [3.05, 3.63) is 21.9 Å². The summed E-state index contributed by atoms with van der Waals surface area (Å²) in [5.74, 6) is 1.74. The Balaban J connectivity index is 1.20. The molecule has 152 valence electrons. The average molecular weight is 421 g/mol. The number of thiophene rings is 1. The molecule has 4 saturated heterocycles. The van der Waals surface area contributed by atoms with Crippen LogP contribution in [-0.2, 0) is 22.7 Å². The number of thioether (sulfide) groups is 1. The van der Waals surface area contributed by atoms with Crippen molar-refractivity contribution < 1.29 is 9.59 Å². The topological polar surface area (TPSA) is 47.1 Å². The Morgan fingerprint density at radius 2 is 1.54 bits per heavy atom. The summed E-state index contributed by atoms with van der Waals surface area (Å²) in [5.41, 5.74) is 0. The number of piperidine rings is 1. The van der Waals surface area contributed by atoms with Crippen molar-refractivity contribution in [3.8, 4) is 0 Å². The van der Waals surface area contributed by atoms with Crippen molar-refractivity contribution >= 4 is 34.9 Å². The number of hydrogen-bond donors (Lipinski definition) is 0. The first-order chi connectivity index (χ1) is 13.7. The van der Waals surface area contributed by atoms with Gasteiger partial charge in [0.05, 0.1) is 5.88 Å². The van der Waals surface area contributed by atoms with Crippen LogP contribution in [0.25, 0.3) is 0 Å². The van der Waals surface area contributed by atoms with Crippen LogP contribution in [0.1, 0.15) is 29.0 Å². The highest BCUT2D eigenvalue weighted by Gasteiger charge is 2.49. The van der Waals surface area contributed by atoms with Gasteiger partial charge in [-0.2, -0.15) is 0 Å². The van der Waals surface area contributed by atoms with Crippen LogP contribution in [0.15, 0.2) is 12.1 Å². The predicted octanol–water partition coefficient (Wildman–Crippen LogP) is 1.66. The molecule has 2 amide bonds. The number of hydrogen-bond acceptors (Lipinski definition) is 6. The van der Waals surface area contributed by atoms with E-state index in [-0.39, 0.29) is 23.9 Å². The lowest BCUT2D eigenvalue weighted by atomic mass is 10.0. The number of likely N-dealkylation sites (tertiary alicyclic amines) is 1. The van der Waals surface area contributed by atoms with Crippen LogP contribution < -0.4 is 0 Å². The molecule has 1 aromatic heterocycles. The van der Waals surface area contributed by atoms with E-state index < -0.39 is 0 Å². The van der Waals surface area contributed by atoms with Crippen LogP contribution in [0.2, 0.25) is 0 Å². The number of piperazine rings is 2. The molecule has 0 aliphatic carbocycles. The fourth-order valence-electron chi connectivity index (χ4n) is 4.86. The van der Waals surface area contributed by atoms with Gasteiger partial charge in [0.2, 0.25) is 11.8 Å². The maximum absolute atomic E-state index is 12.9. The molecule has 0 spiro atoms. The minimum atomic E-state index is -0.288. The normalized spacial score (nSPS) is 29.3. The summed E-state index contributed by atoms with van der Waals surface area (Å²) in [5, 5.41) is 0. The van der Waals surface area contributed by atoms with E-state index >= 15 is 0 Å². The lowest BCUT2D eigenvalue weighted by molar-refractivity contribution is -0.162. The van der Waals surface area contributed by atoms with Crippen LogP contribution in [0.5, 0.6) is 0 Å². The van der Waals surface area contributed by atoms with E-state index in [1.807, 2.05) is 16.2 Å². The van der Waals surface area contributed by atoms with Gasteiger partial charge in [-0.25, -0.2) is 0 Å². The van der Waals surface area contributed by atoms with Gasteiger partial charge >= 0.3 is 0 Å². The Morgan fingerprint density at radius 1 is 0.821 bits per heavy atom. The summed E-state index contributed by atoms with van der Waals surface area (Å²) in [7, 11) is 0. The van der Waals surface area contributed by atoms with Crippen LogP contribution in [0.4, 0.5) is 0 Å². The van der Waals surface area contributed by atoms with Gasteiger partial charge in [0.1, 0.15) is 12.1 Å². The van der Waals surface area contributed by atoms with Crippen molar-refractivity contribution in [1.29, 1.82) is 0 Å². The Hall–Kier alpha value is -1.09. The van der Waals surface area contributed by atoms with E-state index in [4.69, 9.17) is 0 Å². The van der Waals surface area contributed by atoms with Crippen molar-refractivity contribution in [3.63, 3.8) is 0 Å². The fourth-order valence-corrected chi connectivity index (χ4v) is 7.11. The highest BCUT2D eigenvalue weighted by molar-refractivity contribution is 7.99. The summed E-state index contributed by atoms with van der Waals surface area (Å²) < 4.78 is 0. The molecule has 4 fully saturated rings. The standard InChI is InChI=1S/C20H28N4O2S2/c25-19-17-12-22(8-9-23(17)20(26)18-13-27-14-24(18)19)11-16-5-4-15(28-16)10-21-6-2-1-3-7-21/h4-5,17-18H,1-3,6-14H2/t17-,18+/m1/s1. The number of fused-ring (bicyclic) bond motifs is 2. The molecule has 0 saturated carbocycles. The Bertz CT molecular complexity index is 748. The molecule has 0 unspecified atom stereocenters. The summed E-state index contributed by atoms with van der Waals surface area (Å²) >= 11 is 3.60. The second-order valence-corrected chi connectivity index (χ2v) is 10.6. The minimum absolute atomic E-state index is 0.149. The van der Waals surface area contributed by atoms with Gasteiger partial charge in [-0.1, -0.05) is 6.42 Å².